The number of rotatable bonds is 6. The molecule has 1 saturated heterocycles. The lowest BCUT2D eigenvalue weighted by Gasteiger charge is -2.31. The molecule has 1 fully saturated rings. The molecule has 2 rings (SSSR count). The lowest BCUT2D eigenvalue weighted by atomic mass is 10.1. The molecule has 0 bridgehead atoms. The van der Waals surface area contributed by atoms with E-state index in [0.29, 0.717) is 12.5 Å². The van der Waals surface area contributed by atoms with Gasteiger partial charge in [-0.05, 0) is 24.8 Å². The topological polar surface area (TPSA) is 41.6 Å². The van der Waals surface area contributed by atoms with E-state index >= 15 is 0 Å². The van der Waals surface area contributed by atoms with Gasteiger partial charge < -0.3 is 5.32 Å². The summed E-state index contributed by atoms with van der Waals surface area (Å²) in [6.45, 7) is 4.39. The number of hydrogen-bond donors (Lipinski definition) is 1. The first-order valence-corrected chi connectivity index (χ1v) is 7.49. The normalized spacial score (nSPS) is 17.1. The lowest BCUT2D eigenvalue weighted by Crippen LogP contribution is -2.44. The molecule has 0 atom stereocenters. The SMILES string of the molecule is CCC(=O)NC1CCN(OCCc2ccccc2)CC1. The van der Waals surface area contributed by atoms with E-state index in [1.807, 2.05) is 18.1 Å². The number of hydroxylamine groups is 2. The van der Waals surface area contributed by atoms with Gasteiger partial charge in [-0.15, -0.1) is 0 Å². The summed E-state index contributed by atoms with van der Waals surface area (Å²) in [5.74, 6) is 0.147. The van der Waals surface area contributed by atoms with Crippen LogP contribution in [0.5, 0.6) is 0 Å². The van der Waals surface area contributed by atoms with Crippen LogP contribution in [0, 0.1) is 0 Å². The van der Waals surface area contributed by atoms with E-state index in [4.69, 9.17) is 4.84 Å². The van der Waals surface area contributed by atoms with Crippen LogP contribution in [0.4, 0.5) is 0 Å². The maximum Gasteiger partial charge on any atom is 0.219 e. The van der Waals surface area contributed by atoms with Gasteiger partial charge in [0.1, 0.15) is 0 Å². The van der Waals surface area contributed by atoms with E-state index in [0.717, 1.165) is 39.0 Å². The zero-order chi connectivity index (χ0) is 14.2. The quantitative estimate of drug-likeness (QED) is 0.865. The molecule has 0 aromatic heterocycles. The van der Waals surface area contributed by atoms with Gasteiger partial charge in [-0.25, -0.2) is 0 Å². The summed E-state index contributed by atoms with van der Waals surface area (Å²) in [7, 11) is 0. The van der Waals surface area contributed by atoms with Crippen molar-refractivity contribution < 1.29 is 9.63 Å². The predicted octanol–water partition coefficient (Wildman–Crippen LogP) is 2.15. The first-order valence-electron chi connectivity index (χ1n) is 7.49. The lowest BCUT2D eigenvalue weighted by molar-refractivity contribution is -0.170. The Labute approximate surface area is 121 Å². The third kappa shape index (κ3) is 4.94. The van der Waals surface area contributed by atoms with E-state index in [9.17, 15) is 4.79 Å². The number of carbonyl (C=O) groups is 1. The van der Waals surface area contributed by atoms with Crippen molar-refractivity contribution in [2.75, 3.05) is 19.7 Å². The third-order valence-electron chi connectivity index (χ3n) is 3.65. The second-order valence-corrected chi connectivity index (χ2v) is 5.19. The Morgan fingerprint density at radius 1 is 1.30 bits per heavy atom. The molecule has 4 heteroatoms. The van der Waals surface area contributed by atoms with Gasteiger partial charge in [0.25, 0.3) is 0 Å². The highest BCUT2D eigenvalue weighted by molar-refractivity contribution is 5.75. The standard InChI is InChI=1S/C16H24N2O2/c1-2-16(19)17-15-8-11-18(12-9-15)20-13-10-14-6-4-3-5-7-14/h3-7,15H,2,8-13H2,1H3,(H,17,19). The minimum atomic E-state index is 0.147. The van der Waals surface area contributed by atoms with Crippen LogP contribution in [-0.2, 0) is 16.1 Å². The maximum atomic E-state index is 11.3. The van der Waals surface area contributed by atoms with E-state index in [-0.39, 0.29) is 5.91 Å². The van der Waals surface area contributed by atoms with Crippen molar-refractivity contribution in [3.63, 3.8) is 0 Å². The molecule has 0 unspecified atom stereocenters. The maximum absolute atomic E-state index is 11.3. The molecule has 1 aromatic rings. The number of nitrogens with zero attached hydrogens (tertiary/aromatic N) is 1. The van der Waals surface area contributed by atoms with Crippen LogP contribution in [0.2, 0.25) is 0 Å². The minimum Gasteiger partial charge on any atom is -0.353 e. The van der Waals surface area contributed by atoms with Crippen molar-refractivity contribution in [3.8, 4) is 0 Å². The van der Waals surface area contributed by atoms with Crippen molar-refractivity contribution in [3.05, 3.63) is 35.9 Å². The largest absolute Gasteiger partial charge is 0.353 e. The van der Waals surface area contributed by atoms with Crippen LogP contribution in [0.1, 0.15) is 31.7 Å². The first kappa shape index (κ1) is 15.0. The first-order chi connectivity index (χ1) is 9.78. The van der Waals surface area contributed by atoms with Gasteiger partial charge in [0.2, 0.25) is 5.91 Å². The van der Waals surface area contributed by atoms with Gasteiger partial charge >= 0.3 is 0 Å². The Morgan fingerprint density at radius 3 is 2.65 bits per heavy atom. The average Bonchev–Trinajstić information content (AvgIpc) is 2.50. The van der Waals surface area contributed by atoms with Crippen LogP contribution < -0.4 is 5.32 Å². The molecule has 0 saturated carbocycles. The summed E-state index contributed by atoms with van der Waals surface area (Å²) in [4.78, 5) is 17.1. The van der Waals surface area contributed by atoms with Gasteiger partial charge in [-0.1, -0.05) is 37.3 Å². The highest BCUT2D eigenvalue weighted by atomic mass is 16.7. The summed E-state index contributed by atoms with van der Waals surface area (Å²) in [5, 5.41) is 5.08. The molecule has 1 aromatic carbocycles. The third-order valence-corrected chi connectivity index (χ3v) is 3.65. The summed E-state index contributed by atoms with van der Waals surface area (Å²) in [5.41, 5.74) is 1.30. The molecule has 1 aliphatic rings. The van der Waals surface area contributed by atoms with Gasteiger partial charge in [0, 0.05) is 25.6 Å². The van der Waals surface area contributed by atoms with Crippen LogP contribution >= 0.6 is 0 Å². The fraction of sp³-hybridized carbons (Fsp3) is 0.562. The van der Waals surface area contributed by atoms with Crippen molar-refractivity contribution >= 4 is 5.91 Å². The molecule has 0 aliphatic carbocycles. The van der Waals surface area contributed by atoms with Crippen molar-refractivity contribution in [1.29, 1.82) is 0 Å². The molecule has 110 valence electrons. The average molecular weight is 276 g/mol. The number of amides is 1. The zero-order valence-electron chi connectivity index (χ0n) is 12.2. The van der Waals surface area contributed by atoms with Gasteiger partial charge in [-0.2, -0.15) is 5.06 Å². The zero-order valence-corrected chi connectivity index (χ0v) is 12.2. The Bertz CT molecular complexity index is 400. The van der Waals surface area contributed by atoms with Gasteiger partial charge in [0.15, 0.2) is 0 Å². The number of benzene rings is 1. The van der Waals surface area contributed by atoms with Crippen molar-refractivity contribution in [2.24, 2.45) is 0 Å². The molecule has 0 radical (unpaired) electrons. The Morgan fingerprint density at radius 2 is 2.00 bits per heavy atom. The Kier molecular flexibility index (Phi) is 6.02. The number of nitrogens with one attached hydrogen (secondary N) is 1. The predicted molar refractivity (Wildman–Crippen MR) is 79.1 cm³/mol. The molecular formula is C16H24N2O2. The van der Waals surface area contributed by atoms with E-state index < -0.39 is 0 Å². The molecule has 0 spiro atoms. The van der Waals surface area contributed by atoms with Gasteiger partial charge in [0.05, 0.1) is 6.61 Å². The second-order valence-electron chi connectivity index (χ2n) is 5.19. The molecular weight excluding hydrogens is 252 g/mol. The number of hydrogen-bond acceptors (Lipinski definition) is 3. The van der Waals surface area contributed by atoms with Crippen LogP contribution in [-0.4, -0.2) is 36.7 Å². The minimum absolute atomic E-state index is 0.147. The fourth-order valence-corrected chi connectivity index (χ4v) is 2.40. The van der Waals surface area contributed by atoms with Gasteiger partial charge in [-0.3, -0.25) is 9.63 Å². The van der Waals surface area contributed by atoms with Crippen LogP contribution in [0.25, 0.3) is 0 Å². The highest BCUT2D eigenvalue weighted by Gasteiger charge is 2.20. The molecule has 1 aliphatic heterocycles. The number of piperidine rings is 1. The summed E-state index contributed by atoms with van der Waals surface area (Å²) in [6.07, 6.45) is 3.44. The molecule has 1 heterocycles. The monoisotopic (exact) mass is 276 g/mol. The summed E-state index contributed by atoms with van der Waals surface area (Å²) in [6, 6.07) is 10.7. The molecule has 4 nitrogen and oxygen atoms in total. The Balaban J connectivity index is 1.61. The smallest absolute Gasteiger partial charge is 0.219 e. The molecule has 1 N–H and O–H groups in total. The molecule has 20 heavy (non-hydrogen) atoms. The fourth-order valence-electron chi connectivity index (χ4n) is 2.40. The van der Waals surface area contributed by atoms with Crippen molar-refractivity contribution in [2.45, 2.75) is 38.6 Å². The summed E-state index contributed by atoms with van der Waals surface area (Å²) >= 11 is 0. The van der Waals surface area contributed by atoms with E-state index in [1.165, 1.54) is 5.56 Å². The molecule has 1 amide bonds. The Hall–Kier alpha value is -1.39. The van der Waals surface area contributed by atoms with E-state index in [2.05, 4.69) is 29.6 Å². The van der Waals surface area contributed by atoms with Crippen molar-refractivity contribution in [1.82, 2.24) is 10.4 Å². The van der Waals surface area contributed by atoms with Crippen LogP contribution in [0.15, 0.2) is 30.3 Å². The van der Waals surface area contributed by atoms with Crippen LogP contribution in [0.3, 0.4) is 0 Å². The highest BCUT2D eigenvalue weighted by Crippen LogP contribution is 2.11. The summed E-state index contributed by atoms with van der Waals surface area (Å²) < 4.78 is 0. The van der Waals surface area contributed by atoms with E-state index in [1.54, 1.807) is 0 Å². The number of carbonyl (C=O) groups excluding carboxylic acids is 1. The second kappa shape index (κ2) is 8.02.